The molecule has 1 rings (SSSR count). The average molecular weight is 235 g/mol. The van der Waals surface area contributed by atoms with Crippen LogP contribution in [0.2, 0.25) is 0 Å². The van der Waals surface area contributed by atoms with Gasteiger partial charge < -0.3 is 10.4 Å². The molecule has 94 valence electrons. The largest absolute Gasteiger partial charge is 0.481 e. The van der Waals surface area contributed by atoms with Gasteiger partial charge in [-0.15, -0.1) is 0 Å². The van der Waals surface area contributed by atoms with Gasteiger partial charge in [0.1, 0.15) is 0 Å². The van der Waals surface area contributed by atoms with Gasteiger partial charge in [-0.3, -0.25) is 4.79 Å². The van der Waals surface area contributed by atoms with Crippen LogP contribution in [0.1, 0.15) is 37.8 Å². The molecule has 3 heteroatoms. The normalized spacial score (nSPS) is 10.2. The fraction of sp³-hybridized carbons (Fsp3) is 0.500. The number of carboxylic acids is 1. The number of carboxylic acid groups (broad SMARTS) is 1. The molecule has 0 atom stereocenters. The lowest BCUT2D eigenvalue weighted by molar-refractivity contribution is -0.137. The van der Waals surface area contributed by atoms with E-state index in [1.54, 1.807) is 0 Å². The molecule has 17 heavy (non-hydrogen) atoms. The summed E-state index contributed by atoms with van der Waals surface area (Å²) >= 11 is 0. The molecule has 3 nitrogen and oxygen atoms in total. The standard InChI is InChI=1S/C14H21NO2/c1-3-11-7-5-8-12(4-2)14(11)15-10-6-9-13(16)17/h5,7-8,15H,3-4,6,9-10H2,1-2H3,(H,16,17). The highest BCUT2D eigenvalue weighted by atomic mass is 16.4. The fourth-order valence-electron chi connectivity index (χ4n) is 1.92. The Kier molecular flexibility index (Phi) is 5.53. The summed E-state index contributed by atoms with van der Waals surface area (Å²) < 4.78 is 0. The number of aliphatic carboxylic acids is 1. The van der Waals surface area contributed by atoms with E-state index in [2.05, 4.69) is 37.4 Å². The maximum atomic E-state index is 10.4. The zero-order valence-corrected chi connectivity index (χ0v) is 10.6. The van der Waals surface area contributed by atoms with Crippen molar-refractivity contribution in [2.24, 2.45) is 0 Å². The third kappa shape index (κ3) is 4.10. The molecule has 0 unspecified atom stereocenters. The highest BCUT2D eigenvalue weighted by Crippen LogP contribution is 2.22. The lowest BCUT2D eigenvalue weighted by atomic mass is 10.0. The smallest absolute Gasteiger partial charge is 0.303 e. The van der Waals surface area contributed by atoms with Crippen molar-refractivity contribution in [3.05, 3.63) is 29.3 Å². The number of nitrogens with one attached hydrogen (secondary N) is 1. The van der Waals surface area contributed by atoms with Crippen LogP contribution in [0.25, 0.3) is 0 Å². The molecule has 0 aliphatic rings. The molecule has 0 saturated heterocycles. The summed E-state index contributed by atoms with van der Waals surface area (Å²) in [4.78, 5) is 10.4. The summed E-state index contributed by atoms with van der Waals surface area (Å²) in [5, 5.41) is 12.0. The molecule has 0 bridgehead atoms. The first-order chi connectivity index (χ1) is 8.19. The Morgan fingerprint density at radius 1 is 1.24 bits per heavy atom. The van der Waals surface area contributed by atoms with E-state index in [9.17, 15) is 4.79 Å². The molecule has 0 fully saturated rings. The highest BCUT2D eigenvalue weighted by molar-refractivity contribution is 5.66. The highest BCUT2D eigenvalue weighted by Gasteiger charge is 2.05. The van der Waals surface area contributed by atoms with Crippen LogP contribution in [0.5, 0.6) is 0 Å². The fourth-order valence-corrected chi connectivity index (χ4v) is 1.92. The summed E-state index contributed by atoms with van der Waals surface area (Å²) in [5.41, 5.74) is 3.81. The minimum Gasteiger partial charge on any atom is -0.481 e. The van der Waals surface area contributed by atoms with E-state index < -0.39 is 5.97 Å². The van der Waals surface area contributed by atoms with Gasteiger partial charge >= 0.3 is 5.97 Å². The van der Waals surface area contributed by atoms with Gasteiger partial charge in [-0.1, -0.05) is 32.0 Å². The predicted octanol–water partition coefficient (Wildman–Crippen LogP) is 3.09. The molecule has 0 amide bonds. The Morgan fingerprint density at radius 3 is 2.29 bits per heavy atom. The van der Waals surface area contributed by atoms with Crippen molar-refractivity contribution in [1.82, 2.24) is 0 Å². The van der Waals surface area contributed by atoms with Crippen LogP contribution in [-0.4, -0.2) is 17.6 Å². The molecule has 0 radical (unpaired) electrons. The molecule has 0 saturated carbocycles. The Labute approximate surface area is 103 Å². The predicted molar refractivity (Wildman–Crippen MR) is 70.6 cm³/mol. The Hall–Kier alpha value is -1.51. The van der Waals surface area contributed by atoms with Crippen LogP contribution in [0.4, 0.5) is 5.69 Å². The molecule has 0 aliphatic heterocycles. The van der Waals surface area contributed by atoms with Crippen LogP contribution in [0.3, 0.4) is 0 Å². The number of para-hydroxylation sites is 1. The van der Waals surface area contributed by atoms with E-state index in [4.69, 9.17) is 5.11 Å². The SMILES string of the molecule is CCc1cccc(CC)c1NCCCC(=O)O. The van der Waals surface area contributed by atoms with Crippen LogP contribution < -0.4 is 5.32 Å². The second-order valence-electron chi connectivity index (χ2n) is 4.08. The van der Waals surface area contributed by atoms with Gasteiger partial charge in [0, 0.05) is 18.7 Å². The van der Waals surface area contributed by atoms with Gasteiger partial charge in [0.05, 0.1) is 0 Å². The zero-order chi connectivity index (χ0) is 12.7. The molecular weight excluding hydrogens is 214 g/mol. The monoisotopic (exact) mass is 235 g/mol. The van der Waals surface area contributed by atoms with Gasteiger partial charge in [0.25, 0.3) is 0 Å². The van der Waals surface area contributed by atoms with Crippen molar-refractivity contribution in [3.8, 4) is 0 Å². The minimum atomic E-state index is -0.730. The first-order valence-corrected chi connectivity index (χ1v) is 6.25. The van der Waals surface area contributed by atoms with E-state index in [1.807, 2.05) is 0 Å². The van der Waals surface area contributed by atoms with E-state index in [-0.39, 0.29) is 6.42 Å². The third-order valence-electron chi connectivity index (χ3n) is 2.87. The average Bonchev–Trinajstić information content (AvgIpc) is 2.34. The van der Waals surface area contributed by atoms with Crippen molar-refractivity contribution < 1.29 is 9.90 Å². The molecule has 1 aromatic carbocycles. The van der Waals surface area contributed by atoms with Crippen LogP contribution in [0, 0.1) is 0 Å². The number of anilines is 1. The first-order valence-electron chi connectivity index (χ1n) is 6.25. The zero-order valence-electron chi connectivity index (χ0n) is 10.6. The third-order valence-corrected chi connectivity index (χ3v) is 2.87. The number of benzene rings is 1. The molecule has 0 aromatic heterocycles. The van der Waals surface area contributed by atoms with E-state index in [0.717, 1.165) is 19.4 Å². The summed E-state index contributed by atoms with van der Waals surface area (Å²) in [6, 6.07) is 6.33. The van der Waals surface area contributed by atoms with Crippen LogP contribution in [0.15, 0.2) is 18.2 Å². The second kappa shape index (κ2) is 6.94. The van der Waals surface area contributed by atoms with Crippen LogP contribution in [-0.2, 0) is 17.6 Å². The number of aryl methyl sites for hydroxylation is 2. The number of hydrogen-bond acceptors (Lipinski definition) is 2. The Balaban J connectivity index is 2.64. The van der Waals surface area contributed by atoms with Gasteiger partial charge in [0.2, 0.25) is 0 Å². The van der Waals surface area contributed by atoms with E-state index in [1.165, 1.54) is 16.8 Å². The van der Waals surface area contributed by atoms with Gasteiger partial charge in [-0.05, 0) is 30.4 Å². The lowest BCUT2D eigenvalue weighted by Gasteiger charge is -2.15. The second-order valence-corrected chi connectivity index (χ2v) is 4.08. The maximum Gasteiger partial charge on any atom is 0.303 e. The Morgan fingerprint density at radius 2 is 1.82 bits per heavy atom. The molecule has 2 N–H and O–H groups in total. The first kappa shape index (κ1) is 13.6. The van der Waals surface area contributed by atoms with Crippen molar-refractivity contribution in [1.29, 1.82) is 0 Å². The number of hydrogen-bond donors (Lipinski definition) is 2. The van der Waals surface area contributed by atoms with Gasteiger partial charge in [0.15, 0.2) is 0 Å². The molecule has 1 aromatic rings. The van der Waals surface area contributed by atoms with Gasteiger partial charge in [-0.2, -0.15) is 0 Å². The van der Waals surface area contributed by atoms with Crippen molar-refractivity contribution in [2.75, 3.05) is 11.9 Å². The molecule has 0 aliphatic carbocycles. The maximum absolute atomic E-state index is 10.4. The van der Waals surface area contributed by atoms with Crippen LogP contribution >= 0.6 is 0 Å². The Bertz CT molecular complexity index is 352. The van der Waals surface area contributed by atoms with E-state index >= 15 is 0 Å². The molecule has 0 spiro atoms. The van der Waals surface area contributed by atoms with E-state index in [0.29, 0.717) is 6.42 Å². The minimum absolute atomic E-state index is 0.225. The quantitative estimate of drug-likeness (QED) is 0.714. The number of carbonyl (C=O) groups is 1. The lowest BCUT2D eigenvalue weighted by Crippen LogP contribution is -2.08. The summed E-state index contributed by atoms with van der Waals surface area (Å²) in [6.45, 7) is 4.99. The van der Waals surface area contributed by atoms with Crippen molar-refractivity contribution >= 4 is 11.7 Å². The molecule has 0 heterocycles. The van der Waals surface area contributed by atoms with Crippen molar-refractivity contribution in [2.45, 2.75) is 39.5 Å². The number of rotatable bonds is 7. The molecular formula is C14H21NO2. The summed E-state index contributed by atoms with van der Waals surface area (Å²) in [7, 11) is 0. The van der Waals surface area contributed by atoms with Gasteiger partial charge in [-0.25, -0.2) is 0 Å². The van der Waals surface area contributed by atoms with Crippen molar-refractivity contribution in [3.63, 3.8) is 0 Å². The summed E-state index contributed by atoms with van der Waals surface area (Å²) in [5.74, 6) is -0.730. The topological polar surface area (TPSA) is 49.3 Å². The summed E-state index contributed by atoms with van der Waals surface area (Å²) in [6.07, 6.45) is 2.88.